The van der Waals surface area contributed by atoms with Crippen LogP contribution in [-0.2, 0) is 66.2 Å². The first-order valence-corrected chi connectivity index (χ1v) is 26.5. The van der Waals surface area contributed by atoms with E-state index in [0.29, 0.717) is 52.7 Å². The first kappa shape index (κ1) is 49.6. The molecule has 4 bridgehead atoms. The molecule has 2 aliphatic heterocycles. The molecule has 0 saturated heterocycles. The number of amides is 2. The molecule has 10 rings (SSSR count). The van der Waals surface area contributed by atoms with Gasteiger partial charge in [0.2, 0.25) is 11.8 Å². The van der Waals surface area contributed by atoms with Crippen LogP contribution in [0.25, 0.3) is 21.8 Å². The lowest BCUT2D eigenvalue weighted by Crippen LogP contribution is -2.35. The number of anilines is 2. The van der Waals surface area contributed by atoms with Crippen LogP contribution in [0, 0.1) is 11.8 Å². The van der Waals surface area contributed by atoms with Gasteiger partial charge in [-0.25, -0.2) is 8.42 Å². The Kier molecular flexibility index (Phi) is 14.8. The number of nitrogens with zero attached hydrogens (tertiary/aromatic N) is 2. The molecule has 72 heavy (non-hydrogen) atoms. The average Bonchev–Trinajstić information content (AvgIpc) is 3.94. The number of para-hydroxylation sites is 2. The van der Waals surface area contributed by atoms with E-state index in [1.54, 1.807) is 92.3 Å². The number of benzene rings is 6. The zero-order valence-electron chi connectivity index (χ0n) is 40.6. The first-order valence-electron chi connectivity index (χ1n) is 23.8. The lowest BCUT2D eigenvalue weighted by molar-refractivity contribution is -0.127. The maximum atomic E-state index is 13.7. The van der Waals surface area contributed by atoms with E-state index < -0.39 is 21.7 Å². The molecule has 0 aliphatic carbocycles. The Balaban J connectivity index is 0.000000178. The van der Waals surface area contributed by atoms with Crippen LogP contribution in [0.1, 0.15) is 46.2 Å². The number of nitrogens with one attached hydrogen (secondary N) is 2. The molecule has 0 fully saturated rings. The Labute approximate surface area is 423 Å². The Morgan fingerprint density at radius 3 is 1.56 bits per heavy atom. The smallest absolute Gasteiger partial charge is 0.230 e. The fourth-order valence-corrected chi connectivity index (χ4v) is 12.4. The van der Waals surface area contributed by atoms with Crippen LogP contribution >= 0.6 is 11.8 Å². The van der Waals surface area contributed by atoms with Crippen molar-refractivity contribution in [2.24, 2.45) is 11.8 Å². The molecular formula is C58H56N4O8S2. The summed E-state index contributed by atoms with van der Waals surface area (Å²) < 4.78 is 37.3. The minimum absolute atomic E-state index is 0.00253. The third kappa shape index (κ3) is 11.0. The number of carbonyl (C=O) groups excluding carboxylic acids is 4. The van der Waals surface area contributed by atoms with Gasteiger partial charge in [0, 0.05) is 96.1 Å². The summed E-state index contributed by atoms with van der Waals surface area (Å²) >= 11 is 1.73. The Morgan fingerprint density at radius 2 is 1.01 bits per heavy atom. The second kappa shape index (κ2) is 21.5. The average molecular weight is 1000 g/mol. The fourth-order valence-electron chi connectivity index (χ4n) is 9.80. The summed E-state index contributed by atoms with van der Waals surface area (Å²) in [6.07, 6.45) is 1.32. The van der Waals surface area contributed by atoms with E-state index in [9.17, 15) is 27.6 Å². The largest absolute Gasteiger partial charge is 0.497 e. The molecular weight excluding hydrogens is 945 g/mol. The van der Waals surface area contributed by atoms with Crippen LogP contribution in [0.2, 0.25) is 0 Å². The van der Waals surface area contributed by atoms with E-state index in [-0.39, 0.29) is 53.4 Å². The number of sulfone groups is 1. The maximum absolute atomic E-state index is 13.7. The van der Waals surface area contributed by atoms with Gasteiger partial charge in [-0.15, -0.1) is 11.8 Å². The van der Waals surface area contributed by atoms with Crippen molar-refractivity contribution in [3.05, 3.63) is 179 Å². The number of ether oxygens (including phenoxy) is 2. The molecule has 0 radical (unpaired) electrons. The van der Waals surface area contributed by atoms with E-state index in [1.165, 1.54) is 5.56 Å². The lowest BCUT2D eigenvalue weighted by Gasteiger charge is -2.24. The number of hydrogen-bond acceptors (Lipinski definition) is 9. The minimum Gasteiger partial charge on any atom is -0.497 e. The summed E-state index contributed by atoms with van der Waals surface area (Å²) in [6, 6.07) is 45.6. The lowest BCUT2D eigenvalue weighted by atomic mass is 9.90. The van der Waals surface area contributed by atoms with Crippen molar-refractivity contribution in [3.8, 4) is 11.5 Å². The fraction of sp³-hybridized carbons (Fsp3) is 0.241. The topological polar surface area (TPSA) is 159 Å². The van der Waals surface area contributed by atoms with Crippen molar-refractivity contribution >= 4 is 78.2 Å². The quantitative estimate of drug-likeness (QED) is 0.165. The third-order valence-corrected chi connectivity index (χ3v) is 16.3. The molecule has 0 spiro atoms. The molecule has 368 valence electrons. The second-order valence-corrected chi connectivity index (χ2v) is 21.4. The number of carbonyl (C=O) groups is 4. The van der Waals surface area contributed by atoms with Gasteiger partial charge in [0.25, 0.3) is 0 Å². The van der Waals surface area contributed by atoms with Crippen LogP contribution in [0.5, 0.6) is 11.5 Å². The Morgan fingerprint density at radius 1 is 0.556 bits per heavy atom. The van der Waals surface area contributed by atoms with Crippen molar-refractivity contribution in [3.63, 3.8) is 0 Å². The van der Waals surface area contributed by atoms with Crippen molar-refractivity contribution in [1.82, 2.24) is 9.97 Å². The molecule has 14 heteroatoms. The molecule has 2 amide bonds. The number of hydrogen-bond donors (Lipinski definition) is 2. The van der Waals surface area contributed by atoms with Gasteiger partial charge in [0.15, 0.2) is 9.84 Å². The van der Waals surface area contributed by atoms with Crippen LogP contribution in [0.15, 0.2) is 156 Å². The zero-order chi connectivity index (χ0) is 50.5. The van der Waals surface area contributed by atoms with E-state index in [2.05, 4.69) is 28.2 Å². The highest BCUT2D eigenvalue weighted by atomic mass is 32.2. The number of thioether (sulfide) groups is 1. The number of fused-ring (bicyclic) bond motifs is 10. The summed E-state index contributed by atoms with van der Waals surface area (Å²) in [5.74, 6) is 0.657. The summed E-state index contributed by atoms with van der Waals surface area (Å²) in [4.78, 5) is 63.9. The van der Waals surface area contributed by atoms with Gasteiger partial charge < -0.3 is 29.2 Å². The van der Waals surface area contributed by atoms with Crippen LogP contribution < -0.4 is 19.3 Å². The van der Waals surface area contributed by atoms with Crippen LogP contribution in [-0.4, -0.2) is 70.1 Å². The number of H-pyrrole nitrogens is 2. The van der Waals surface area contributed by atoms with Crippen molar-refractivity contribution in [2.75, 3.05) is 38.1 Å². The Bertz CT molecular complexity index is 3420. The highest BCUT2D eigenvalue weighted by molar-refractivity contribution is 7.98. The predicted octanol–water partition coefficient (Wildman–Crippen LogP) is 10.3. The van der Waals surface area contributed by atoms with E-state index >= 15 is 0 Å². The summed E-state index contributed by atoms with van der Waals surface area (Å²) in [7, 11) is 2.94. The highest BCUT2D eigenvalue weighted by Crippen LogP contribution is 2.35. The number of aromatic amines is 2. The monoisotopic (exact) mass is 1000 g/mol. The van der Waals surface area contributed by atoms with Crippen molar-refractivity contribution in [1.29, 1.82) is 0 Å². The van der Waals surface area contributed by atoms with Gasteiger partial charge in [0.1, 0.15) is 28.1 Å². The van der Waals surface area contributed by atoms with Crippen LogP contribution in [0.4, 0.5) is 11.4 Å². The van der Waals surface area contributed by atoms with Gasteiger partial charge in [-0.05, 0) is 101 Å². The minimum atomic E-state index is -3.73. The Hall–Kier alpha value is -7.42. The molecule has 4 heterocycles. The van der Waals surface area contributed by atoms with Gasteiger partial charge in [-0.2, -0.15) is 0 Å². The molecule has 2 aromatic heterocycles. The number of ketones is 2. The molecule has 2 aliphatic rings. The molecule has 6 aromatic carbocycles. The van der Waals surface area contributed by atoms with Crippen molar-refractivity contribution < 1.29 is 37.1 Å². The second-order valence-electron chi connectivity index (χ2n) is 18.5. The summed E-state index contributed by atoms with van der Waals surface area (Å²) in [5, 5.41) is 2.89. The zero-order valence-corrected chi connectivity index (χ0v) is 42.3. The van der Waals surface area contributed by atoms with Gasteiger partial charge >= 0.3 is 0 Å². The van der Waals surface area contributed by atoms with Crippen LogP contribution in [0.3, 0.4) is 0 Å². The van der Waals surface area contributed by atoms with E-state index in [0.717, 1.165) is 49.8 Å². The third-order valence-electron chi connectivity index (χ3n) is 13.5. The number of methoxy groups -OCH3 is 2. The van der Waals surface area contributed by atoms with Gasteiger partial charge in [-0.3, -0.25) is 19.2 Å². The number of Topliss-reactive ketones (excluding diaryl/α,β-unsaturated/α-hetero) is 2. The maximum Gasteiger partial charge on any atom is 0.230 e. The highest BCUT2D eigenvalue weighted by Gasteiger charge is 2.32. The van der Waals surface area contributed by atoms with Crippen molar-refractivity contribution in [2.45, 2.75) is 60.1 Å². The number of aromatic nitrogens is 2. The molecule has 12 nitrogen and oxygen atoms in total. The molecule has 0 saturated carbocycles. The predicted molar refractivity (Wildman–Crippen MR) is 284 cm³/mol. The summed E-state index contributed by atoms with van der Waals surface area (Å²) in [5.41, 5.74) is 8.42. The molecule has 0 unspecified atom stereocenters. The standard InChI is InChI=1S/C29H28N2O5S.C29H28N2O3S/c1-31(22-10-12-24(36-2)13-11-22)29(33)21-15-19-6-5-7-20(14-19)18-37(34,35)28-26(17-23(32)16-21)25-8-3-4-9-27(25)30-28;1-31(22-10-12-24(34-2)13-11-22)29(33)21-15-19-6-5-7-20(14-19)18-35-28-26(17-23(32)16-21)25-8-3-4-9-27(25)30-28/h3-14,21,30H,15-18H2,1-2H3;3-14,21,30H,15-18H2,1-2H3/t2*21-/m11/s1. The summed E-state index contributed by atoms with van der Waals surface area (Å²) in [6.45, 7) is 0. The van der Waals surface area contributed by atoms with Gasteiger partial charge in [-0.1, -0.05) is 84.9 Å². The van der Waals surface area contributed by atoms with E-state index in [4.69, 9.17) is 9.47 Å². The first-order chi connectivity index (χ1) is 34.8. The molecule has 8 aromatic rings. The molecule has 2 atom stereocenters. The normalized spacial score (nSPS) is 16.8. The molecule has 2 N–H and O–H groups in total. The number of rotatable bonds is 6. The van der Waals surface area contributed by atoms with E-state index in [1.807, 2.05) is 84.9 Å². The SMILES string of the molecule is COc1ccc(N(C)C(=O)[C@H]2CC(=O)Cc3c([nH]c4ccccc34)S(=O)(=O)Cc3cccc(c3)C2)cc1.COc1ccc(N(C)C(=O)[C@H]2CC(=O)Cc3c([nH]c4ccccc34)SCc3cccc(c3)C2)cc1. The van der Waals surface area contributed by atoms with Gasteiger partial charge in [0.05, 0.1) is 25.0 Å².